The second-order valence-electron chi connectivity index (χ2n) is 4.77. The van der Waals surface area contributed by atoms with Gasteiger partial charge in [-0.15, -0.1) is 0 Å². The van der Waals surface area contributed by atoms with E-state index >= 15 is 0 Å². The second kappa shape index (κ2) is 6.49. The highest BCUT2D eigenvalue weighted by Gasteiger charge is 2.31. The molecule has 0 bridgehead atoms. The molecule has 1 heterocycles. The third-order valence-electron chi connectivity index (χ3n) is 2.92. The van der Waals surface area contributed by atoms with Gasteiger partial charge >= 0.3 is 5.97 Å². The van der Waals surface area contributed by atoms with Gasteiger partial charge in [-0.2, -0.15) is 0 Å². The van der Waals surface area contributed by atoms with Gasteiger partial charge in [0.15, 0.2) is 0 Å². The van der Waals surface area contributed by atoms with E-state index in [9.17, 15) is 13.2 Å². The molecule has 1 aliphatic rings. The van der Waals surface area contributed by atoms with E-state index in [4.69, 9.17) is 9.84 Å². The summed E-state index contributed by atoms with van der Waals surface area (Å²) in [6.45, 7) is 4.32. The summed E-state index contributed by atoms with van der Waals surface area (Å²) >= 11 is 0. The van der Waals surface area contributed by atoms with Crippen molar-refractivity contribution in [2.45, 2.75) is 32.8 Å². The number of sulfonamides is 1. The molecule has 1 unspecified atom stereocenters. The highest BCUT2D eigenvalue weighted by molar-refractivity contribution is 7.89. The maximum atomic E-state index is 12.0. The number of piperidine rings is 1. The van der Waals surface area contributed by atoms with Crippen LogP contribution in [0, 0.1) is 5.92 Å². The number of rotatable bonds is 6. The molecule has 0 radical (unpaired) electrons. The Kier molecular flexibility index (Phi) is 5.55. The van der Waals surface area contributed by atoms with Gasteiger partial charge < -0.3 is 9.84 Å². The summed E-state index contributed by atoms with van der Waals surface area (Å²) in [6, 6.07) is 0. The molecule has 1 N–H and O–H groups in total. The maximum Gasteiger partial charge on any atom is 0.307 e. The van der Waals surface area contributed by atoms with E-state index in [2.05, 4.69) is 0 Å². The molecule has 0 saturated carbocycles. The Bertz CT molecular complexity index is 379. The summed E-state index contributed by atoms with van der Waals surface area (Å²) in [5.74, 6) is -1.59. The van der Waals surface area contributed by atoms with Gasteiger partial charge in [0.1, 0.15) is 0 Å². The molecule has 1 aliphatic heterocycles. The Hall–Kier alpha value is -0.660. The van der Waals surface area contributed by atoms with Crippen LogP contribution in [0.1, 0.15) is 26.7 Å². The number of carboxylic acid groups (broad SMARTS) is 1. The van der Waals surface area contributed by atoms with E-state index in [0.717, 1.165) is 0 Å². The van der Waals surface area contributed by atoms with Gasteiger partial charge in [-0.1, -0.05) is 0 Å². The Morgan fingerprint density at radius 3 is 2.72 bits per heavy atom. The Morgan fingerprint density at radius 2 is 2.17 bits per heavy atom. The molecule has 18 heavy (non-hydrogen) atoms. The number of carbonyl (C=O) groups is 1. The molecule has 0 aliphatic carbocycles. The zero-order valence-corrected chi connectivity index (χ0v) is 11.6. The minimum absolute atomic E-state index is 0.00618. The SMILES string of the molecule is CC(C)OCCS(=O)(=O)N1CCCC(C(=O)O)C1. The van der Waals surface area contributed by atoms with Crippen molar-refractivity contribution in [2.24, 2.45) is 5.92 Å². The molecule has 1 saturated heterocycles. The predicted octanol–water partition coefficient (Wildman–Crippen LogP) is 0.538. The fraction of sp³-hybridized carbons (Fsp3) is 0.909. The smallest absolute Gasteiger partial charge is 0.307 e. The van der Waals surface area contributed by atoms with Crippen molar-refractivity contribution < 1.29 is 23.1 Å². The lowest BCUT2D eigenvalue weighted by Crippen LogP contribution is -2.43. The van der Waals surface area contributed by atoms with Crippen molar-refractivity contribution in [1.82, 2.24) is 4.31 Å². The summed E-state index contributed by atoms with van der Waals surface area (Å²) in [5, 5.41) is 8.92. The van der Waals surface area contributed by atoms with Crippen LogP contribution in [0.3, 0.4) is 0 Å². The molecule has 106 valence electrons. The van der Waals surface area contributed by atoms with Crippen LogP contribution in [0.5, 0.6) is 0 Å². The fourth-order valence-electron chi connectivity index (χ4n) is 1.91. The van der Waals surface area contributed by atoms with Gasteiger partial charge in [0.2, 0.25) is 10.0 Å². The monoisotopic (exact) mass is 279 g/mol. The van der Waals surface area contributed by atoms with Crippen molar-refractivity contribution in [3.63, 3.8) is 0 Å². The molecule has 6 nitrogen and oxygen atoms in total. The van der Waals surface area contributed by atoms with Gasteiger partial charge in [-0.3, -0.25) is 4.79 Å². The van der Waals surface area contributed by atoms with Gasteiger partial charge in [-0.05, 0) is 26.7 Å². The van der Waals surface area contributed by atoms with Crippen LogP contribution >= 0.6 is 0 Å². The molecule has 0 amide bonds. The molecule has 1 rings (SSSR count). The van der Waals surface area contributed by atoms with E-state index < -0.39 is 21.9 Å². The lowest BCUT2D eigenvalue weighted by Gasteiger charge is -2.29. The first-order valence-corrected chi connectivity index (χ1v) is 7.76. The van der Waals surface area contributed by atoms with Crippen molar-refractivity contribution in [3.8, 4) is 0 Å². The summed E-state index contributed by atoms with van der Waals surface area (Å²) in [5.41, 5.74) is 0. The average molecular weight is 279 g/mol. The van der Waals surface area contributed by atoms with Crippen LogP contribution < -0.4 is 0 Å². The lowest BCUT2D eigenvalue weighted by molar-refractivity contribution is -0.142. The van der Waals surface area contributed by atoms with Crippen LogP contribution in [0.25, 0.3) is 0 Å². The normalized spacial score (nSPS) is 22.3. The van der Waals surface area contributed by atoms with Crippen LogP contribution in [0.4, 0.5) is 0 Å². The Labute approximate surface area is 108 Å². The summed E-state index contributed by atoms with van der Waals surface area (Å²) in [6.07, 6.45) is 1.14. The van der Waals surface area contributed by atoms with Gasteiger partial charge in [0.25, 0.3) is 0 Å². The molecular weight excluding hydrogens is 258 g/mol. The average Bonchev–Trinajstić information content (AvgIpc) is 2.28. The van der Waals surface area contributed by atoms with Gasteiger partial charge in [0, 0.05) is 13.1 Å². The number of ether oxygens (including phenoxy) is 1. The van der Waals surface area contributed by atoms with Crippen molar-refractivity contribution >= 4 is 16.0 Å². The van der Waals surface area contributed by atoms with Crippen molar-refractivity contribution in [2.75, 3.05) is 25.4 Å². The minimum atomic E-state index is -3.40. The lowest BCUT2D eigenvalue weighted by atomic mass is 10.0. The maximum absolute atomic E-state index is 12.0. The highest BCUT2D eigenvalue weighted by atomic mass is 32.2. The largest absolute Gasteiger partial charge is 0.481 e. The first-order chi connectivity index (χ1) is 8.33. The van der Waals surface area contributed by atoms with E-state index in [-0.39, 0.29) is 25.0 Å². The van der Waals surface area contributed by atoms with Crippen LogP contribution in [0.15, 0.2) is 0 Å². The standard InChI is InChI=1S/C11H21NO5S/c1-9(2)17-6-7-18(15,16)12-5-3-4-10(8-12)11(13)14/h9-10H,3-8H2,1-2H3,(H,13,14). The zero-order chi connectivity index (χ0) is 13.8. The third kappa shape index (κ3) is 4.55. The number of hydrogen-bond donors (Lipinski definition) is 1. The van der Waals surface area contributed by atoms with Crippen molar-refractivity contribution in [3.05, 3.63) is 0 Å². The quantitative estimate of drug-likeness (QED) is 0.767. The van der Waals surface area contributed by atoms with Gasteiger partial charge in [0.05, 0.1) is 24.4 Å². The van der Waals surface area contributed by atoms with Crippen LogP contribution in [0.2, 0.25) is 0 Å². The minimum Gasteiger partial charge on any atom is -0.481 e. The number of aliphatic carboxylic acids is 1. The summed E-state index contributed by atoms with van der Waals surface area (Å²) < 4.78 is 30.5. The number of nitrogens with zero attached hydrogens (tertiary/aromatic N) is 1. The fourth-order valence-corrected chi connectivity index (χ4v) is 3.29. The Balaban J connectivity index is 2.53. The molecule has 7 heteroatoms. The van der Waals surface area contributed by atoms with E-state index in [1.54, 1.807) is 0 Å². The Morgan fingerprint density at radius 1 is 1.50 bits per heavy atom. The van der Waals surface area contributed by atoms with Crippen molar-refractivity contribution in [1.29, 1.82) is 0 Å². The molecule has 0 aromatic rings. The van der Waals surface area contributed by atoms with Gasteiger partial charge in [-0.25, -0.2) is 12.7 Å². The molecule has 0 aromatic carbocycles. The molecule has 0 aromatic heterocycles. The molecule has 0 spiro atoms. The zero-order valence-electron chi connectivity index (χ0n) is 10.8. The first kappa shape index (κ1) is 15.4. The molecule has 1 atom stereocenters. The van der Waals surface area contributed by atoms with Crippen LogP contribution in [-0.4, -0.2) is 55.4 Å². The summed E-state index contributed by atoms with van der Waals surface area (Å²) in [4.78, 5) is 10.9. The number of hydrogen-bond acceptors (Lipinski definition) is 4. The third-order valence-corrected chi connectivity index (χ3v) is 4.72. The second-order valence-corrected chi connectivity index (χ2v) is 6.86. The van der Waals surface area contributed by atoms with E-state index in [0.29, 0.717) is 19.4 Å². The topological polar surface area (TPSA) is 83.9 Å². The first-order valence-electron chi connectivity index (χ1n) is 6.15. The number of carboxylic acids is 1. The van der Waals surface area contributed by atoms with E-state index in [1.807, 2.05) is 13.8 Å². The highest BCUT2D eigenvalue weighted by Crippen LogP contribution is 2.19. The molecule has 1 fully saturated rings. The predicted molar refractivity (Wildman–Crippen MR) is 66.8 cm³/mol. The summed E-state index contributed by atoms with van der Waals surface area (Å²) in [7, 11) is -3.40. The van der Waals surface area contributed by atoms with E-state index in [1.165, 1.54) is 4.31 Å². The molecular formula is C11H21NO5S. The van der Waals surface area contributed by atoms with Crippen LogP contribution in [-0.2, 0) is 19.6 Å².